The number of methoxy groups -OCH3 is 1. The van der Waals surface area contributed by atoms with Crippen molar-refractivity contribution in [3.05, 3.63) is 59.2 Å². The number of pyridine rings is 1. The third-order valence-electron chi connectivity index (χ3n) is 4.68. The summed E-state index contributed by atoms with van der Waals surface area (Å²) >= 11 is 0. The lowest BCUT2D eigenvalue weighted by Crippen LogP contribution is -2.50. The van der Waals surface area contributed by atoms with Crippen molar-refractivity contribution >= 4 is 11.8 Å². The third-order valence-corrected chi connectivity index (χ3v) is 4.68. The van der Waals surface area contributed by atoms with E-state index in [9.17, 15) is 14.0 Å². The zero-order valence-corrected chi connectivity index (χ0v) is 14.9. The van der Waals surface area contributed by atoms with E-state index >= 15 is 0 Å². The summed E-state index contributed by atoms with van der Waals surface area (Å²) in [6, 6.07) is 7.57. The molecule has 1 aliphatic rings. The van der Waals surface area contributed by atoms with E-state index in [2.05, 4.69) is 15.6 Å². The van der Waals surface area contributed by atoms with Gasteiger partial charge in [0.1, 0.15) is 5.69 Å². The Kier molecular flexibility index (Phi) is 5.66. The molecule has 2 aromatic rings. The molecular weight excluding hydrogens is 351 g/mol. The van der Waals surface area contributed by atoms with Crippen LogP contribution < -0.4 is 21.1 Å². The summed E-state index contributed by atoms with van der Waals surface area (Å²) in [5, 5.41) is 6.21. The zero-order valence-electron chi connectivity index (χ0n) is 14.9. The Balaban J connectivity index is 1.76. The summed E-state index contributed by atoms with van der Waals surface area (Å²) in [4.78, 5) is 27.5. The van der Waals surface area contributed by atoms with Gasteiger partial charge in [-0.2, -0.15) is 0 Å². The first-order chi connectivity index (χ1) is 13.0. The third kappa shape index (κ3) is 4.22. The standard InChI is InChI=1S/C19H21FN4O3/c1-27-17-5-3-11(8-14(17)20)13-6-7-22-10-16(13)24-19(26)12-2-4-15(18(21)25)23-9-12/h2-5,8-9,13,16,22H,6-7,10H2,1H3,(H2,21,25)(H,24,26)/t13-,16-/m0/s1. The van der Waals surface area contributed by atoms with E-state index in [0.29, 0.717) is 12.1 Å². The number of nitrogens with zero attached hydrogens (tertiary/aromatic N) is 1. The monoisotopic (exact) mass is 372 g/mol. The quantitative estimate of drug-likeness (QED) is 0.731. The van der Waals surface area contributed by atoms with Crippen molar-refractivity contribution in [2.45, 2.75) is 18.4 Å². The van der Waals surface area contributed by atoms with Crippen LogP contribution in [0.2, 0.25) is 0 Å². The molecule has 7 nitrogen and oxygen atoms in total. The summed E-state index contributed by atoms with van der Waals surface area (Å²) in [5.74, 6) is -1.24. The lowest BCUT2D eigenvalue weighted by Gasteiger charge is -2.33. The summed E-state index contributed by atoms with van der Waals surface area (Å²) in [6.07, 6.45) is 2.07. The fourth-order valence-electron chi connectivity index (χ4n) is 3.25. The predicted octanol–water partition coefficient (Wildman–Crippen LogP) is 1.20. The first kappa shape index (κ1) is 18.8. The van der Waals surface area contributed by atoms with E-state index in [1.165, 1.54) is 31.5 Å². The molecule has 3 rings (SSSR count). The number of aromatic nitrogens is 1. The lowest BCUT2D eigenvalue weighted by atomic mass is 9.85. The highest BCUT2D eigenvalue weighted by Gasteiger charge is 2.28. The molecule has 2 amide bonds. The molecule has 1 saturated heterocycles. The van der Waals surface area contributed by atoms with Crippen molar-refractivity contribution in [2.75, 3.05) is 20.2 Å². The number of benzene rings is 1. The van der Waals surface area contributed by atoms with Crippen LogP contribution in [0.5, 0.6) is 5.75 Å². The average Bonchev–Trinajstić information content (AvgIpc) is 2.68. The van der Waals surface area contributed by atoms with Crippen molar-refractivity contribution in [3.63, 3.8) is 0 Å². The molecule has 0 unspecified atom stereocenters. The first-order valence-corrected chi connectivity index (χ1v) is 8.60. The first-order valence-electron chi connectivity index (χ1n) is 8.60. The maximum absolute atomic E-state index is 14.1. The second-order valence-electron chi connectivity index (χ2n) is 6.37. The Hall–Kier alpha value is -3.00. The topological polar surface area (TPSA) is 106 Å². The molecule has 1 aromatic carbocycles. The van der Waals surface area contributed by atoms with Crippen LogP contribution in [0.1, 0.15) is 38.7 Å². The number of ether oxygens (including phenoxy) is 1. The highest BCUT2D eigenvalue weighted by Crippen LogP contribution is 2.29. The molecule has 0 aliphatic carbocycles. The van der Waals surface area contributed by atoms with Gasteiger partial charge in [0.25, 0.3) is 11.8 Å². The van der Waals surface area contributed by atoms with E-state index < -0.39 is 11.7 Å². The van der Waals surface area contributed by atoms with Gasteiger partial charge in [0.2, 0.25) is 0 Å². The fourth-order valence-corrected chi connectivity index (χ4v) is 3.25. The molecule has 0 saturated carbocycles. The van der Waals surface area contributed by atoms with Crippen LogP contribution >= 0.6 is 0 Å². The van der Waals surface area contributed by atoms with Gasteiger partial charge in [-0.05, 0) is 42.8 Å². The van der Waals surface area contributed by atoms with Crippen LogP contribution in [0.25, 0.3) is 0 Å². The minimum absolute atomic E-state index is 0.0338. The Bertz CT molecular complexity index is 841. The van der Waals surface area contributed by atoms with Crippen LogP contribution in [0.3, 0.4) is 0 Å². The van der Waals surface area contributed by atoms with Gasteiger partial charge in [-0.1, -0.05) is 6.07 Å². The molecule has 27 heavy (non-hydrogen) atoms. The largest absolute Gasteiger partial charge is 0.494 e. The number of primary amides is 1. The Morgan fingerprint density at radius 1 is 1.33 bits per heavy atom. The number of hydrogen-bond donors (Lipinski definition) is 3. The summed E-state index contributed by atoms with van der Waals surface area (Å²) in [6.45, 7) is 1.34. The second-order valence-corrected chi connectivity index (χ2v) is 6.37. The van der Waals surface area contributed by atoms with Crippen LogP contribution in [-0.4, -0.2) is 43.0 Å². The van der Waals surface area contributed by atoms with E-state index in [1.54, 1.807) is 6.07 Å². The number of halogens is 1. The van der Waals surface area contributed by atoms with E-state index in [4.69, 9.17) is 10.5 Å². The Morgan fingerprint density at radius 3 is 2.78 bits per heavy atom. The van der Waals surface area contributed by atoms with Crippen molar-refractivity contribution in [2.24, 2.45) is 5.73 Å². The Morgan fingerprint density at radius 2 is 2.15 bits per heavy atom. The van der Waals surface area contributed by atoms with E-state index in [1.807, 2.05) is 6.07 Å². The average molecular weight is 372 g/mol. The molecule has 2 atom stereocenters. The van der Waals surface area contributed by atoms with E-state index in [0.717, 1.165) is 18.5 Å². The highest BCUT2D eigenvalue weighted by atomic mass is 19.1. The molecule has 0 spiro atoms. The van der Waals surface area contributed by atoms with Gasteiger partial charge in [0.15, 0.2) is 11.6 Å². The molecule has 4 N–H and O–H groups in total. The van der Waals surface area contributed by atoms with Crippen molar-refractivity contribution in [1.82, 2.24) is 15.6 Å². The SMILES string of the molecule is COc1ccc([C@@H]2CCNC[C@@H]2NC(=O)c2ccc(C(N)=O)nc2)cc1F. The van der Waals surface area contributed by atoms with Gasteiger partial charge in [0, 0.05) is 24.7 Å². The van der Waals surface area contributed by atoms with Gasteiger partial charge >= 0.3 is 0 Å². The van der Waals surface area contributed by atoms with Crippen molar-refractivity contribution in [1.29, 1.82) is 0 Å². The molecule has 0 radical (unpaired) electrons. The number of carbonyl (C=O) groups excluding carboxylic acids is 2. The van der Waals surface area contributed by atoms with Gasteiger partial charge in [-0.15, -0.1) is 0 Å². The summed E-state index contributed by atoms with van der Waals surface area (Å²) < 4.78 is 19.1. The molecule has 8 heteroatoms. The van der Waals surface area contributed by atoms with Crippen LogP contribution in [0.4, 0.5) is 4.39 Å². The number of rotatable bonds is 5. The van der Waals surface area contributed by atoms with Crippen molar-refractivity contribution in [3.8, 4) is 5.75 Å². The molecular formula is C19H21FN4O3. The summed E-state index contributed by atoms with van der Waals surface area (Å²) in [7, 11) is 1.42. The number of nitrogens with one attached hydrogen (secondary N) is 2. The molecule has 142 valence electrons. The summed E-state index contributed by atoms with van der Waals surface area (Å²) in [5.41, 5.74) is 6.38. The van der Waals surface area contributed by atoms with Crippen LogP contribution in [-0.2, 0) is 0 Å². The molecule has 1 aromatic heterocycles. The number of amides is 2. The number of piperidine rings is 1. The van der Waals surface area contributed by atoms with Gasteiger partial charge < -0.3 is 21.1 Å². The molecule has 1 fully saturated rings. The Labute approximate surface area is 156 Å². The van der Waals surface area contributed by atoms with Crippen LogP contribution in [0.15, 0.2) is 36.5 Å². The van der Waals surface area contributed by atoms with Gasteiger partial charge in [-0.25, -0.2) is 4.39 Å². The number of carbonyl (C=O) groups is 2. The second kappa shape index (κ2) is 8.13. The van der Waals surface area contributed by atoms with Crippen molar-refractivity contribution < 1.29 is 18.7 Å². The zero-order chi connectivity index (χ0) is 19.4. The highest BCUT2D eigenvalue weighted by molar-refractivity contribution is 5.96. The minimum atomic E-state index is -0.653. The normalized spacial score (nSPS) is 19.3. The number of hydrogen-bond acceptors (Lipinski definition) is 5. The molecule has 0 bridgehead atoms. The smallest absolute Gasteiger partial charge is 0.267 e. The maximum Gasteiger partial charge on any atom is 0.267 e. The van der Waals surface area contributed by atoms with Gasteiger partial charge in [-0.3, -0.25) is 14.6 Å². The molecule has 1 aliphatic heterocycles. The minimum Gasteiger partial charge on any atom is -0.494 e. The predicted molar refractivity (Wildman–Crippen MR) is 97.2 cm³/mol. The maximum atomic E-state index is 14.1. The van der Waals surface area contributed by atoms with Gasteiger partial charge in [0.05, 0.1) is 12.7 Å². The lowest BCUT2D eigenvalue weighted by molar-refractivity contribution is 0.0921. The number of nitrogens with two attached hydrogens (primary N) is 1. The van der Waals surface area contributed by atoms with E-state index in [-0.39, 0.29) is 29.3 Å². The fraction of sp³-hybridized carbons (Fsp3) is 0.316. The molecule has 2 heterocycles. The van der Waals surface area contributed by atoms with Crippen LogP contribution in [0, 0.1) is 5.82 Å².